The first-order valence-corrected chi connectivity index (χ1v) is 8.67. The van der Waals surface area contributed by atoms with E-state index in [4.69, 9.17) is 4.74 Å². The molecule has 0 radical (unpaired) electrons. The maximum Gasteiger partial charge on any atom is 0.227 e. The summed E-state index contributed by atoms with van der Waals surface area (Å²) in [5, 5.41) is 0. The van der Waals surface area contributed by atoms with Crippen LogP contribution in [0.2, 0.25) is 0 Å². The Bertz CT molecular complexity index is 531. The maximum absolute atomic E-state index is 12.6. The Hall–Kier alpha value is -1.39. The fourth-order valence-corrected chi connectivity index (χ4v) is 4.05. The molecule has 23 heavy (non-hydrogen) atoms. The van der Waals surface area contributed by atoms with Crippen molar-refractivity contribution < 1.29 is 9.53 Å². The number of ether oxygens (including phenoxy) is 1. The summed E-state index contributed by atoms with van der Waals surface area (Å²) in [6.07, 6.45) is 3.72. The van der Waals surface area contributed by atoms with Crippen LogP contribution in [0.3, 0.4) is 0 Å². The fraction of sp³-hybridized carbons (Fsp3) is 0.632. The molecule has 1 aromatic rings. The third-order valence-corrected chi connectivity index (χ3v) is 5.00. The highest BCUT2D eigenvalue weighted by Crippen LogP contribution is 2.37. The van der Waals surface area contributed by atoms with Gasteiger partial charge >= 0.3 is 0 Å². The zero-order valence-electron chi connectivity index (χ0n) is 14.3. The monoisotopic (exact) mass is 316 g/mol. The summed E-state index contributed by atoms with van der Waals surface area (Å²) in [5.41, 5.74) is 1.00. The van der Waals surface area contributed by atoms with Crippen molar-refractivity contribution in [2.24, 2.45) is 5.92 Å². The van der Waals surface area contributed by atoms with Crippen LogP contribution in [-0.2, 0) is 16.0 Å². The zero-order chi connectivity index (χ0) is 16.3. The highest BCUT2D eigenvalue weighted by molar-refractivity contribution is 5.79. The molecule has 0 aromatic heterocycles. The highest BCUT2D eigenvalue weighted by atomic mass is 16.5. The smallest absolute Gasteiger partial charge is 0.227 e. The molecule has 0 unspecified atom stereocenters. The molecule has 2 atom stereocenters. The normalized spacial score (nSPS) is 27.8. The molecule has 1 amide bonds. The van der Waals surface area contributed by atoms with Gasteiger partial charge in [-0.3, -0.25) is 4.79 Å². The standard InChI is InChI=1S/C19H28N2O2/c1-20(2)13-17-12-19(23-14-17)9-6-10-21(15-19)18(22)11-16-7-4-3-5-8-16/h3-5,7-8,17H,6,9-15H2,1-2H3/t17-,19-/m1/s1. The SMILES string of the molecule is CN(C)C[C@@H]1CO[C@]2(CCCN(C(=O)Cc3ccccc3)C2)C1. The molecule has 2 saturated heterocycles. The number of nitrogens with zero attached hydrogens (tertiary/aromatic N) is 2. The summed E-state index contributed by atoms with van der Waals surface area (Å²) in [6, 6.07) is 10.0. The summed E-state index contributed by atoms with van der Waals surface area (Å²) in [4.78, 5) is 16.9. The lowest BCUT2D eigenvalue weighted by Gasteiger charge is -2.40. The summed E-state index contributed by atoms with van der Waals surface area (Å²) in [7, 11) is 4.23. The number of carbonyl (C=O) groups is 1. The van der Waals surface area contributed by atoms with Gasteiger partial charge in [0.25, 0.3) is 0 Å². The molecular weight excluding hydrogens is 288 g/mol. The van der Waals surface area contributed by atoms with Gasteiger partial charge in [0, 0.05) is 19.6 Å². The predicted octanol–water partition coefficient (Wildman–Crippen LogP) is 2.19. The van der Waals surface area contributed by atoms with E-state index in [1.54, 1.807) is 0 Å². The van der Waals surface area contributed by atoms with E-state index in [0.29, 0.717) is 12.3 Å². The van der Waals surface area contributed by atoms with Gasteiger partial charge < -0.3 is 14.5 Å². The van der Waals surface area contributed by atoms with Crippen molar-refractivity contribution in [3.05, 3.63) is 35.9 Å². The molecule has 4 heteroatoms. The minimum Gasteiger partial charge on any atom is -0.373 e. The number of piperidine rings is 1. The van der Waals surface area contributed by atoms with E-state index in [9.17, 15) is 4.79 Å². The molecule has 1 aromatic carbocycles. The van der Waals surface area contributed by atoms with Crippen LogP contribution in [0.15, 0.2) is 30.3 Å². The van der Waals surface area contributed by atoms with E-state index in [-0.39, 0.29) is 11.5 Å². The second kappa shape index (κ2) is 7.02. The van der Waals surface area contributed by atoms with Crippen molar-refractivity contribution in [2.45, 2.75) is 31.3 Å². The van der Waals surface area contributed by atoms with E-state index < -0.39 is 0 Å². The lowest BCUT2D eigenvalue weighted by atomic mass is 9.86. The van der Waals surface area contributed by atoms with Gasteiger partial charge in [0.2, 0.25) is 5.91 Å². The van der Waals surface area contributed by atoms with Gasteiger partial charge in [0.1, 0.15) is 0 Å². The molecule has 2 aliphatic heterocycles. The lowest BCUT2D eigenvalue weighted by molar-refractivity contribution is -0.138. The molecule has 2 fully saturated rings. The van der Waals surface area contributed by atoms with Gasteiger partial charge in [-0.25, -0.2) is 0 Å². The topological polar surface area (TPSA) is 32.8 Å². The van der Waals surface area contributed by atoms with E-state index >= 15 is 0 Å². The molecule has 3 rings (SSSR count). The summed E-state index contributed by atoms with van der Waals surface area (Å²) < 4.78 is 6.20. The van der Waals surface area contributed by atoms with Crippen molar-refractivity contribution in [1.82, 2.24) is 9.80 Å². The van der Waals surface area contributed by atoms with Crippen molar-refractivity contribution in [2.75, 3.05) is 40.3 Å². The molecule has 2 heterocycles. The van der Waals surface area contributed by atoms with Crippen molar-refractivity contribution in [1.29, 1.82) is 0 Å². The first-order valence-electron chi connectivity index (χ1n) is 8.67. The third-order valence-electron chi connectivity index (χ3n) is 5.00. The second-order valence-corrected chi connectivity index (χ2v) is 7.41. The maximum atomic E-state index is 12.6. The Kier molecular flexibility index (Phi) is 5.02. The Morgan fingerprint density at radius 1 is 1.35 bits per heavy atom. The zero-order valence-corrected chi connectivity index (χ0v) is 14.3. The number of rotatable bonds is 4. The van der Waals surface area contributed by atoms with Gasteiger partial charge in [-0.1, -0.05) is 30.3 Å². The van der Waals surface area contributed by atoms with Crippen LogP contribution in [0.1, 0.15) is 24.8 Å². The quantitative estimate of drug-likeness (QED) is 0.853. The average molecular weight is 316 g/mol. The van der Waals surface area contributed by atoms with E-state index in [1.165, 1.54) is 0 Å². The van der Waals surface area contributed by atoms with E-state index in [0.717, 1.165) is 51.1 Å². The van der Waals surface area contributed by atoms with Crippen molar-refractivity contribution >= 4 is 5.91 Å². The number of likely N-dealkylation sites (tertiary alicyclic amines) is 1. The van der Waals surface area contributed by atoms with Gasteiger partial charge in [-0.2, -0.15) is 0 Å². The van der Waals surface area contributed by atoms with Gasteiger partial charge in [-0.15, -0.1) is 0 Å². The molecule has 0 bridgehead atoms. The van der Waals surface area contributed by atoms with E-state index in [2.05, 4.69) is 19.0 Å². The van der Waals surface area contributed by atoms with Crippen LogP contribution >= 0.6 is 0 Å². The number of amides is 1. The Morgan fingerprint density at radius 3 is 2.87 bits per heavy atom. The number of carbonyl (C=O) groups excluding carboxylic acids is 1. The van der Waals surface area contributed by atoms with Crippen LogP contribution in [0, 0.1) is 5.92 Å². The number of hydrogen-bond donors (Lipinski definition) is 0. The Balaban J connectivity index is 1.59. The largest absolute Gasteiger partial charge is 0.373 e. The Morgan fingerprint density at radius 2 is 2.13 bits per heavy atom. The lowest BCUT2D eigenvalue weighted by Crippen LogP contribution is -2.50. The first-order chi connectivity index (χ1) is 11.1. The molecule has 126 valence electrons. The summed E-state index contributed by atoms with van der Waals surface area (Å²) in [5.74, 6) is 0.823. The predicted molar refractivity (Wildman–Crippen MR) is 91.3 cm³/mol. The van der Waals surface area contributed by atoms with Crippen LogP contribution < -0.4 is 0 Å². The minimum absolute atomic E-state index is 0.0920. The molecule has 4 nitrogen and oxygen atoms in total. The molecule has 0 saturated carbocycles. The molecule has 1 spiro atoms. The molecule has 0 N–H and O–H groups in total. The average Bonchev–Trinajstić information content (AvgIpc) is 2.89. The fourth-order valence-electron chi connectivity index (χ4n) is 4.05. The number of hydrogen-bond acceptors (Lipinski definition) is 3. The van der Waals surface area contributed by atoms with Crippen LogP contribution in [-0.4, -0.2) is 61.6 Å². The molecule has 2 aliphatic rings. The summed E-state index contributed by atoms with van der Waals surface area (Å²) in [6.45, 7) is 3.54. The second-order valence-electron chi connectivity index (χ2n) is 7.41. The van der Waals surface area contributed by atoms with Gasteiger partial charge in [-0.05, 0) is 44.8 Å². The van der Waals surface area contributed by atoms with Crippen molar-refractivity contribution in [3.8, 4) is 0 Å². The van der Waals surface area contributed by atoms with Crippen molar-refractivity contribution in [3.63, 3.8) is 0 Å². The molecule has 0 aliphatic carbocycles. The van der Waals surface area contributed by atoms with Crippen LogP contribution in [0.25, 0.3) is 0 Å². The van der Waals surface area contributed by atoms with Gasteiger partial charge in [0.05, 0.1) is 18.6 Å². The van der Waals surface area contributed by atoms with Crippen LogP contribution in [0.4, 0.5) is 0 Å². The number of benzene rings is 1. The Labute approximate surface area is 139 Å². The van der Waals surface area contributed by atoms with Crippen LogP contribution in [0.5, 0.6) is 0 Å². The third kappa shape index (κ3) is 4.12. The van der Waals surface area contributed by atoms with E-state index in [1.807, 2.05) is 35.2 Å². The molecular formula is C19H28N2O2. The highest BCUT2D eigenvalue weighted by Gasteiger charge is 2.44. The minimum atomic E-state index is -0.0920. The summed E-state index contributed by atoms with van der Waals surface area (Å²) >= 11 is 0. The first kappa shape index (κ1) is 16.5. The van der Waals surface area contributed by atoms with Gasteiger partial charge in [0.15, 0.2) is 0 Å².